The normalized spacial score (nSPS) is 19.1. The summed E-state index contributed by atoms with van der Waals surface area (Å²) in [6.07, 6.45) is 9.70. The summed E-state index contributed by atoms with van der Waals surface area (Å²) in [5.41, 5.74) is 0. The number of aryl methyl sites for hydroxylation is 1. The summed E-state index contributed by atoms with van der Waals surface area (Å²) in [6.45, 7) is 3.48. The predicted molar refractivity (Wildman–Crippen MR) is 66.5 cm³/mol. The average Bonchev–Trinajstić information content (AvgIpc) is 2.96. The molecular weight excluding hydrogens is 198 g/mol. The first-order valence-corrected chi connectivity index (χ1v) is 6.60. The van der Waals surface area contributed by atoms with Gasteiger partial charge in [0.15, 0.2) is 0 Å². The summed E-state index contributed by atoms with van der Waals surface area (Å²) in [6, 6.07) is 4.63. The van der Waals surface area contributed by atoms with Gasteiger partial charge < -0.3 is 9.73 Å². The molecule has 2 rings (SSSR count). The monoisotopic (exact) mass is 221 g/mol. The number of hydrogen-bond acceptors (Lipinski definition) is 2. The van der Waals surface area contributed by atoms with Crippen molar-refractivity contribution in [2.75, 3.05) is 6.54 Å². The highest BCUT2D eigenvalue weighted by Gasteiger charge is 2.15. The lowest BCUT2D eigenvalue weighted by molar-refractivity contribution is 0.417. The van der Waals surface area contributed by atoms with Crippen LogP contribution in [0.5, 0.6) is 0 Å². The highest BCUT2D eigenvalue weighted by atomic mass is 16.3. The van der Waals surface area contributed by atoms with Crippen LogP contribution in [-0.4, -0.2) is 12.6 Å². The first kappa shape index (κ1) is 11.7. The Morgan fingerprint density at radius 3 is 2.94 bits per heavy atom. The largest absolute Gasteiger partial charge is 0.469 e. The minimum Gasteiger partial charge on any atom is -0.469 e. The van der Waals surface area contributed by atoms with Crippen molar-refractivity contribution in [3.8, 4) is 0 Å². The zero-order chi connectivity index (χ0) is 11.2. The van der Waals surface area contributed by atoms with Crippen molar-refractivity contribution in [2.24, 2.45) is 5.92 Å². The van der Waals surface area contributed by atoms with Crippen LogP contribution in [0.4, 0.5) is 0 Å². The molecule has 0 saturated heterocycles. The van der Waals surface area contributed by atoms with Crippen LogP contribution in [0, 0.1) is 5.92 Å². The lowest BCUT2D eigenvalue weighted by Crippen LogP contribution is -2.30. The fourth-order valence-corrected chi connectivity index (χ4v) is 2.50. The van der Waals surface area contributed by atoms with E-state index in [-0.39, 0.29) is 0 Å². The van der Waals surface area contributed by atoms with E-state index < -0.39 is 0 Å². The summed E-state index contributed by atoms with van der Waals surface area (Å²) >= 11 is 0. The van der Waals surface area contributed by atoms with Crippen molar-refractivity contribution in [3.63, 3.8) is 0 Å². The van der Waals surface area contributed by atoms with E-state index in [2.05, 4.69) is 18.3 Å². The van der Waals surface area contributed by atoms with Gasteiger partial charge in [0, 0.05) is 12.5 Å². The molecule has 1 fully saturated rings. The highest BCUT2D eigenvalue weighted by molar-refractivity contribution is 4.98. The van der Waals surface area contributed by atoms with Gasteiger partial charge in [0.2, 0.25) is 0 Å². The Morgan fingerprint density at radius 1 is 1.44 bits per heavy atom. The lowest BCUT2D eigenvalue weighted by atomic mass is 10.1. The zero-order valence-electron chi connectivity index (χ0n) is 10.2. The maximum atomic E-state index is 5.33. The van der Waals surface area contributed by atoms with Gasteiger partial charge in [0.1, 0.15) is 5.76 Å². The van der Waals surface area contributed by atoms with Crippen LogP contribution in [-0.2, 0) is 6.42 Å². The van der Waals surface area contributed by atoms with Gasteiger partial charge in [-0.3, -0.25) is 0 Å². The molecule has 1 aliphatic rings. The van der Waals surface area contributed by atoms with Crippen LogP contribution in [0.2, 0.25) is 0 Å². The van der Waals surface area contributed by atoms with Crippen LogP contribution in [0.3, 0.4) is 0 Å². The third kappa shape index (κ3) is 3.67. The Hall–Kier alpha value is -0.760. The molecule has 0 aliphatic heterocycles. The summed E-state index contributed by atoms with van der Waals surface area (Å²) in [7, 11) is 0. The van der Waals surface area contributed by atoms with Crippen molar-refractivity contribution in [3.05, 3.63) is 24.2 Å². The van der Waals surface area contributed by atoms with E-state index in [1.165, 1.54) is 38.6 Å². The fraction of sp³-hybridized carbons (Fsp3) is 0.714. The molecule has 1 atom stereocenters. The molecule has 1 unspecified atom stereocenters. The van der Waals surface area contributed by atoms with Gasteiger partial charge in [-0.1, -0.05) is 12.8 Å². The summed E-state index contributed by atoms with van der Waals surface area (Å²) in [4.78, 5) is 0. The molecule has 2 nitrogen and oxygen atoms in total. The Morgan fingerprint density at radius 2 is 2.25 bits per heavy atom. The molecule has 0 spiro atoms. The van der Waals surface area contributed by atoms with Crippen LogP contribution < -0.4 is 5.32 Å². The molecule has 90 valence electrons. The Labute approximate surface area is 98.4 Å². The first-order valence-electron chi connectivity index (χ1n) is 6.60. The third-order valence-electron chi connectivity index (χ3n) is 3.63. The Bertz CT molecular complexity index is 275. The van der Waals surface area contributed by atoms with Crippen LogP contribution >= 0.6 is 0 Å². The molecule has 0 radical (unpaired) electrons. The zero-order valence-corrected chi connectivity index (χ0v) is 10.2. The van der Waals surface area contributed by atoms with E-state index in [9.17, 15) is 0 Å². The van der Waals surface area contributed by atoms with Crippen LogP contribution in [0.15, 0.2) is 22.8 Å². The highest BCUT2D eigenvalue weighted by Crippen LogP contribution is 2.23. The SMILES string of the molecule is CC(CCc1ccco1)NCC1CCCC1. The van der Waals surface area contributed by atoms with E-state index in [1.807, 2.05) is 6.07 Å². The topological polar surface area (TPSA) is 25.2 Å². The molecule has 16 heavy (non-hydrogen) atoms. The number of nitrogens with one attached hydrogen (secondary N) is 1. The van der Waals surface area contributed by atoms with Crippen LogP contribution in [0.1, 0.15) is 44.8 Å². The van der Waals surface area contributed by atoms with Crippen molar-refractivity contribution >= 4 is 0 Å². The molecule has 0 aromatic carbocycles. The van der Waals surface area contributed by atoms with Gasteiger partial charge in [0.05, 0.1) is 6.26 Å². The second kappa shape index (κ2) is 6.09. The summed E-state index contributed by atoms with van der Waals surface area (Å²) in [5.74, 6) is 2.04. The quantitative estimate of drug-likeness (QED) is 0.796. The third-order valence-corrected chi connectivity index (χ3v) is 3.63. The van der Waals surface area contributed by atoms with E-state index in [0.29, 0.717) is 6.04 Å². The van der Waals surface area contributed by atoms with Gasteiger partial charge in [0.25, 0.3) is 0 Å². The second-order valence-electron chi connectivity index (χ2n) is 5.08. The van der Waals surface area contributed by atoms with Gasteiger partial charge in [-0.05, 0) is 50.8 Å². The van der Waals surface area contributed by atoms with Gasteiger partial charge in [-0.15, -0.1) is 0 Å². The van der Waals surface area contributed by atoms with Gasteiger partial charge in [-0.25, -0.2) is 0 Å². The van der Waals surface area contributed by atoms with Crippen molar-refractivity contribution in [1.29, 1.82) is 0 Å². The van der Waals surface area contributed by atoms with Gasteiger partial charge in [-0.2, -0.15) is 0 Å². The second-order valence-corrected chi connectivity index (χ2v) is 5.08. The molecule has 1 aromatic rings. The maximum Gasteiger partial charge on any atom is 0.103 e. The molecule has 1 aromatic heterocycles. The van der Waals surface area contributed by atoms with E-state index in [1.54, 1.807) is 6.26 Å². The molecule has 0 bridgehead atoms. The standard InChI is InChI=1S/C14H23NO/c1-12(8-9-14-7-4-10-16-14)15-11-13-5-2-3-6-13/h4,7,10,12-13,15H,2-3,5-6,8-9,11H2,1H3. The van der Waals surface area contributed by atoms with E-state index in [0.717, 1.165) is 18.1 Å². The Balaban J connectivity index is 1.58. The molecule has 1 saturated carbocycles. The average molecular weight is 221 g/mol. The summed E-state index contributed by atoms with van der Waals surface area (Å²) < 4.78 is 5.33. The number of hydrogen-bond donors (Lipinski definition) is 1. The van der Waals surface area contributed by atoms with Crippen LogP contribution in [0.25, 0.3) is 0 Å². The number of rotatable bonds is 6. The Kier molecular flexibility index (Phi) is 4.46. The predicted octanol–water partition coefficient (Wildman–Crippen LogP) is 3.38. The minimum absolute atomic E-state index is 0.602. The molecule has 1 heterocycles. The lowest BCUT2D eigenvalue weighted by Gasteiger charge is -2.16. The molecule has 2 heteroatoms. The minimum atomic E-state index is 0.602. The number of furan rings is 1. The smallest absolute Gasteiger partial charge is 0.103 e. The van der Waals surface area contributed by atoms with E-state index in [4.69, 9.17) is 4.42 Å². The molecule has 1 aliphatic carbocycles. The van der Waals surface area contributed by atoms with Crippen molar-refractivity contribution < 1.29 is 4.42 Å². The molecule has 1 N–H and O–H groups in total. The van der Waals surface area contributed by atoms with E-state index >= 15 is 0 Å². The fourth-order valence-electron chi connectivity index (χ4n) is 2.50. The van der Waals surface area contributed by atoms with Crippen molar-refractivity contribution in [2.45, 2.75) is 51.5 Å². The summed E-state index contributed by atoms with van der Waals surface area (Å²) in [5, 5.41) is 3.65. The van der Waals surface area contributed by atoms with Gasteiger partial charge >= 0.3 is 0 Å². The maximum absolute atomic E-state index is 5.33. The first-order chi connectivity index (χ1) is 7.84. The molecule has 0 amide bonds. The molecular formula is C14H23NO. The van der Waals surface area contributed by atoms with Crippen molar-refractivity contribution in [1.82, 2.24) is 5.32 Å².